The third kappa shape index (κ3) is 5.82. The molecule has 23 heavy (non-hydrogen) atoms. The van der Waals surface area contributed by atoms with Gasteiger partial charge in [0.25, 0.3) is 0 Å². The van der Waals surface area contributed by atoms with Crippen molar-refractivity contribution in [1.29, 1.82) is 0 Å². The number of H-pyrrole nitrogens is 1. The van der Waals surface area contributed by atoms with Gasteiger partial charge in [0.2, 0.25) is 0 Å². The molecule has 1 aromatic heterocycles. The second-order valence-electron chi connectivity index (χ2n) is 7.54. The van der Waals surface area contributed by atoms with Crippen molar-refractivity contribution < 1.29 is 9.53 Å². The Labute approximate surface area is 138 Å². The third-order valence-electron chi connectivity index (χ3n) is 3.57. The van der Waals surface area contributed by atoms with Crippen LogP contribution in [0, 0.1) is 5.92 Å². The molecular formula is C16H29N5O2. The smallest absolute Gasteiger partial charge is 0.410 e. The van der Waals surface area contributed by atoms with Crippen LogP contribution in [0.2, 0.25) is 0 Å². The van der Waals surface area contributed by atoms with Gasteiger partial charge in [-0.1, -0.05) is 13.8 Å². The summed E-state index contributed by atoms with van der Waals surface area (Å²) in [6.07, 6.45) is 0.666. The number of nitrogens with zero attached hydrogens (tertiary/aromatic N) is 4. The molecule has 7 nitrogen and oxygen atoms in total. The molecule has 1 aliphatic rings. The van der Waals surface area contributed by atoms with Crippen LogP contribution in [-0.4, -0.2) is 62.9 Å². The molecule has 0 bridgehead atoms. The Morgan fingerprint density at radius 2 is 1.91 bits per heavy atom. The zero-order chi connectivity index (χ0) is 17.0. The van der Waals surface area contributed by atoms with Gasteiger partial charge < -0.3 is 9.64 Å². The molecule has 0 radical (unpaired) electrons. The number of amides is 1. The molecule has 0 saturated carbocycles. The Hall–Kier alpha value is -1.63. The van der Waals surface area contributed by atoms with Crippen molar-refractivity contribution in [2.45, 2.75) is 53.2 Å². The maximum Gasteiger partial charge on any atom is 0.410 e. The predicted molar refractivity (Wildman–Crippen MR) is 88.0 cm³/mol. The van der Waals surface area contributed by atoms with Crippen molar-refractivity contribution >= 4 is 6.09 Å². The van der Waals surface area contributed by atoms with Crippen LogP contribution in [0.25, 0.3) is 0 Å². The molecule has 1 saturated heterocycles. The molecule has 0 atom stereocenters. The van der Waals surface area contributed by atoms with Gasteiger partial charge >= 0.3 is 6.09 Å². The summed E-state index contributed by atoms with van der Waals surface area (Å²) in [5, 5.41) is 7.27. The zero-order valence-corrected chi connectivity index (χ0v) is 14.9. The molecule has 1 amide bonds. The normalized spacial score (nSPS) is 16.9. The van der Waals surface area contributed by atoms with Crippen molar-refractivity contribution in [1.82, 2.24) is 25.0 Å². The quantitative estimate of drug-likeness (QED) is 0.918. The number of carbonyl (C=O) groups is 1. The molecule has 1 N–H and O–H groups in total. The average Bonchev–Trinajstić information content (AvgIpc) is 2.84. The van der Waals surface area contributed by atoms with Gasteiger partial charge in [-0.3, -0.25) is 10.00 Å². The van der Waals surface area contributed by atoms with Crippen LogP contribution in [0.4, 0.5) is 4.79 Å². The van der Waals surface area contributed by atoms with E-state index in [1.807, 2.05) is 20.8 Å². The van der Waals surface area contributed by atoms with Crippen molar-refractivity contribution in [2.24, 2.45) is 5.92 Å². The molecule has 7 heteroatoms. The van der Waals surface area contributed by atoms with E-state index in [0.717, 1.165) is 37.7 Å². The first kappa shape index (κ1) is 17.7. The molecule has 1 fully saturated rings. The minimum atomic E-state index is -0.444. The van der Waals surface area contributed by atoms with E-state index in [0.29, 0.717) is 19.0 Å². The monoisotopic (exact) mass is 323 g/mol. The van der Waals surface area contributed by atoms with Gasteiger partial charge in [-0.05, 0) is 26.7 Å². The summed E-state index contributed by atoms with van der Waals surface area (Å²) in [4.78, 5) is 20.6. The first-order valence-electron chi connectivity index (χ1n) is 8.33. The molecular weight excluding hydrogens is 294 g/mol. The molecule has 0 spiro atoms. The third-order valence-corrected chi connectivity index (χ3v) is 3.57. The van der Waals surface area contributed by atoms with E-state index < -0.39 is 5.60 Å². The second kappa shape index (κ2) is 7.29. The van der Waals surface area contributed by atoms with Crippen LogP contribution in [0.5, 0.6) is 0 Å². The highest BCUT2D eigenvalue weighted by Gasteiger charge is 2.26. The fraction of sp³-hybridized carbons (Fsp3) is 0.812. The van der Waals surface area contributed by atoms with Crippen LogP contribution < -0.4 is 0 Å². The van der Waals surface area contributed by atoms with E-state index in [-0.39, 0.29) is 6.09 Å². The number of hydrogen-bond acceptors (Lipinski definition) is 5. The zero-order valence-electron chi connectivity index (χ0n) is 14.9. The summed E-state index contributed by atoms with van der Waals surface area (Å²) in [5.41, 5.74) is -0.444. The molecule has 2 rings (SSSR count). The van der Waals surface area contributed by atoms with E-state index in [1.165, 1.54) is 0 Å². The Kier molecular flexibility index (Phi) is 5.62. The number of nitrogens with one attached hydrogen (secondary N) is 1. The first-order valence-corrected chi connectivity index (χ1v) is 8.33. The van der Waals surface area contributed by atoms with Crippen LogP contribution in [0.15, 0.2) is 0 Å². The highest BCUT2D eigenvalue weighted by atomic mass is 16.6. The van der Waals surface area contributed by atoms with E-state index in [2.05, 4.69) is 33.9 Å². The minimum Gasteiger partial charge on any atom is -0.444 e. The topological polar surface area (TPSA) is 74.4 Å². The fourth-order valence-electron chi connectivity index (χ4n) is 2.49. The van der Waals surface area contributed by atoms with Gasteiger partial charge in [0.05, 0.1) is 6.54 Å². The predicted octanol–water partition coefficient (Wildman–Crippen LogP) is 2.06. The fourth-order valence-corrected chi connectivity index (χ4v) is 2.49. The number of ether oxygens (including phenoxy) is 1. The Bertz CT molecular complexity index is 513. The second-order valence-corrected chi connectivity index (χ2v) is 7.54. The summed E-state index contributed by atoms with van der Waals surface area (Å²) >= 11 is 0. The largest absolute Gasteiger partial charge is 0.444 e. The molecule has 0 unspecified atom stereocenters. The summed E-state index contributed by atoms with van der Waals surface area (Å²) in [5.74, 6) is 2.32. The van der Waals surface area contributed by atoms with Crippen LogP contribution in [0.1, 0.15) is 46.3 Å². The molecule has 1 aliphatic heterocycles. The first-order chi connectivity index (χ1) is 10.7. The number of hydrogen-bond donors (Lipinski definition) is 1. The molecule has 2 heterocycles. The van der Waals surface area contributed by atoms with E-state index >= 15 is 0 Å². The summed E-state index contributed by atoms with van der Waals surface area (Å²) in [6, 6.07) is 0. The maximum absolute atomic E-state index is 12.0. The molecule has 1 aromatic rings. The number of aromatic amines is 1. The Morgan fingerprint density at radius 3 is 2.48 bits per heavy atom. The lowest BCUT2D eigenvalue weighted by atomic mass is 10.1. The van der Waals surface area contributed by atoms with E-state index in [9.17, 15) is 4.79 Å². The van der Waals surface area contributed by atoms with Gasteiger partial charge in [-0.2, -0.15) is 5.10 Å². The van der Waals surface area contributed by atoms with Crippen molar-refractivity contribution in [3.63, 3.8) is 0 Å². The summed E-state index contributed by atoms with van der Waals surface area (Å²) in [6.45, 7) is 13.7. The van der Waals surface area contributed by atoms with Gasteiger partial charge in [-0.25, -0.2) is 9.78 Å². The molecule has 130 valence electrons. The SMILES string of the molecule is CC(C)Cc1n[nH]c(CN2CCN(C(=O)OC(C)(C)C)CC2)n1. The van der Waals surface area contributed by atoms with Crippen molar-refractivity contribution in [2.75, 3.05) is 26.2 Å². The molecule has 0 aromatic carbocycles. The minimum absolute atomic E-state index is 0.226. The lowest BCUT2D eigenvalue weighted by Gasteiger charge is -2.35. The standard InChI is InChI=1S/C16H29N5O2/c1-12(2)10-13-17-14(19-18-13)11-20-6-8-21(9-7-20)15(22)23-16(3,4)5/h12H,6-11H2,1-5H3,(H,17,18,19). The highest BCUT2D eigenvalue weighted by Crippen LogP contribution is 2.13. The number of piperazine rings is 1. The maximum atomic E-state index is 12.0. The number of rotatable bonds is 4. The van der Waals surface area contributed by atoms with E-state index in [4.69, 9.17) is 4.74 Å². The lowest BCUT2D eigenvalue weighted by Crippen LogP contribution is -2.49. The van der Waals surface area contributed by atoms with Crippen LogP contribution >= 0.6 is 0 Å². The molecule has 0 aliphatic carbocycles. The summed E-state index contributed by atoms with van der Waals surface area (Å²) < 4.78 is 5.41. The van der Waals surface area contributed by atoms with Gasteiger partial charge in [0, 0.05) is 32.6 Å². The lowest BCUT2D eigenvalue weighted by molar-refractivity contribution is 0.0137. The number of carbonyl (C=O) groups excluding carboxylic acids is 1. The average molecular weight is 323 g/mol. The van der Waals surface area contributed by atoms with E-state index in [1.54, 1.807) is 4.90 Å². The van der Waals surface area contributed by atoms with Crippen LogP contribution in [-0.2, 0) is 17.7 Å². The van der Waals surface area contributed by atoms with Gasteiger partial charge in [-0.15, -0.1) is 0 Å². The Morgan fingerprint density at radius 1 is 1.26 bits per heavy atom. The number of aromatic nitrogens is 3. The van der Waals surface area contributed by atoms with Crippen molar-refractivity contribution in [3.05, 3.63) is 11.6 Å². The summed E-state index contributed by atoms with van der Waals surface area (Å²) in [7, 11) is 0. The van der Waals surface area contributed by atoms with Gasteiger partial charge in [0.1, 0.15) is 11.4 Å². The van der Waals surface area contributed by atoms with Crippen LogP contribution in [0.3, 0.4) is 0 Å². The Balaban J connectivity index is 1.78. The van der Waals surface area contributed by atoms with Crippen molar-refractivity contribution in [3.8, 4) is 0 Å². The van der Waals surface area contributed by atoms with Gasteiger partial charge in [0.15, 0.2) is 5.82 Å². The highest BCUT2D eigenvalue weighted by molar-refractivity contribution is 5.68.